The zero-order chi connectivity index (χ0) is 33.7. The van der Waals surface area contributed by atoms with Crippen molar-refractivity contribution < 1.29 is 37.1 Å². The molecule has 13 nitrogen and oxygen atoms in total. The van der Waals surface area contributed by atoms with E-state index in [9.17, 15) is 14.2 Å². The molecule has 250 valence electrons. The number of nitrogens with one attached hydrogen (secondary N) is 1. The van der Waals surface area contributed by atoms with Crippen molar-refractivity contribution in [1.29, 1.82) is 5.26 Å². The number of phosphoric ester groups is 1. The number of nitriles is 1. The van der Waals surface area contributed by atoms with E-state index in [-0.39, 0.29) is 26.2 Å². The zero-order valence-corrected chi connectivity index (χ0v) is 27.1. The Morgan fingerprint density at radius 3 is 2.15 bits per heavy atom. The van der Waals surface area contributed by atoms with Crippen LogP contribution < -0.4 is 20.7 Å². The summed E-state index contributed by atoms with van der Waals surface area (Å²) in [7, 11) is -0.922. The molecule has 0 saturated carbocycles. The van der Waals surface area contributed by atoms with E-state index in [4.69, 9.17) is 37.8 Å². The van der Waals surface area contributed by atoms with Gasteiger partial charge >= 0.3 is 13.5 Å². The Morgan fingerprint density at radius 1 is 0.938 bits per heavy atom. The molecule has 1 unspecified atom stereocenters. The molecule has 2 aliphatic rings. The van der Waals surface area contributed by atoms with Gasteiger partial charge in [-0.2, -0.15) is 5.26 Å². The van der Waals surface area contributed by atoms with Crippen LogP contribution in [0.15, 0.2) is 101 Å². The van der Waals surface area contributed by atoms with Crippen molar-refractivity contribution in [1.82, 2.24) is 9.55 Å². The molecule has 6 rings (SSSR count). The third-order valence-electron chi connectivity index (χ3n) is 8.37. The maximum absolute atomic E-state index is 13.5. The van der Waals surface area contributed by atoms with Gasteiger partial charge in [0.05, 0.1) is 52.4 Å². The van der Waals surface area contributed by atoms with E-state index in [2.05, 4.69) is 4.98 Å². The summed E-state index contributed by atoms with van der Waals surface area (Å²) in [5.41, 5.74) is -0.0986. The van der Waals surface area contributed by atoms with Gasteiger partial charge < -0.3 is 18.9 Å². The number of aromatic nitrogens is 2. The maximum atomic E-state index is 13.5. The van der Waals surface area contributed by atoms with Crippen LogP contribution in [0.25, 0.3) is 0 Å². The van der Waals surface area contributed by atoms with Gasteiger partial charge in [0.2, 0.25) is 0 Å². The minimum Gasteiger partial charge on any atom is -0.497 e. The Kier molecular flexibility index (Phi) is 9.93. The maximum Gasteiger partial charge on any atom is 0.475 e. The van der Waals surface area contributed by atoms with Crippen molar-refractivity contribution in [3.8, 4) is 17.6 Å². The summed E-state index contributed by atoms with van der Waals surface area (Å²) >= 11 is 0. The van der Waals surface area contributed by atoms with E-state index in [1.807, 2.05) is 84.9 Å². The minimum atomic E-state index is -4.10. The molecule has 48 heavy (non-hydrogen) atoms. The zero-order valence-electron chi connectivity index (χ0n) is 26.2. The summed E-state index contributed by atoms with van der Waals surface area (Å²) in [4.78, 5) is 27.0. The van der Waals surface area contributed by atoms with E-state index < -0.39 is 49.0 Å². The number of hydrogen-bond donors (Lipinski definition) is 1. The Labute approximate surface area is 276 Å². The molecule has 14 heteroatoms. The highest BCUT2D eigenvalue weighted by Crippen LogP contribution is 2.59. The molecule has 2 aliphatic heterocycles. The number of fused-ring (bicyclic) bond motifs is 1. The first kappa shape index (κ1) is 33.4. The fraction of sp³-hybridized carbons (Fsp3) is 0.324. The van der Waals surface area contributed by atoms with Crippen LogP contribution in [0.4, 0.5) is 0 Å². The van der Waals surface area contributed by atoms with Gasteiger partial charge in [0.15, 0.2) is 0 Å². The van der Waals surface area contributed by atoms with Gasteiger partial charge in [-0.05, 0) is 41.0 Å². The number of H-pyrrole nitrogens is 1. The van der Waals surface area contributed by atoms with Gasteiger partial charge in [-0.1, -0.05) is 54.6 Å². The topological polar surface area (TPSA) is 160 Å². The number of aromatic amines is 1. The van der Waals surface area contributed by atoms with Gasteiger partial charge in [-0.15, -0.1) is 0 Å². The van der Waals surface area contributed by atoms with Crippen LogP contribution >= 0.6 is 7.82 Å². The van der Waals surface area contributed by atoms with Crippen molar-refractivity contribution in [3.63, 3.8) is 0 Å². The van der Waals surface area contributed by atoms with Crippen molar-refractivity contribution in [2.45, 2.75) is 30.5 Å². The Hall–Kier alpha value is -4.54. The molecule has 1 N–H and O–H groups in total. The number of rotatable bonds is 12. The number of methoxy groups -OCH3 is 2. The number of benzene rings is 3. The second kappa shape index (κ2) is 14.3. The van der Waals surface area contributed by atoms with Gasteiger partial charge in [-0.3, -0.25) is 27.9 Å². The summed E-state index contributed by atoms with van der Waals surface area (Å²) in [6.07, 6.45) is -1.47. The Balaban J connectivity index is 1.42. The van der Waals surface area contributed by atoms with Crippen molar-refractivity contribution in [3.05, 3.63) is 129 Å². The fourth-order valence-electron chi connectivity index (χ4n) is 6.06. The molecule has 4 aromatic rings. The quantitative estimate of drug-likeness (QED) is 0.128. The normalized spacial score (nSPS) is 23.6. The highest BCUT2D eigenvalue weighted by atomic mass is 31.2. The van der Waals surface area contributed by atoms with Gasteiger partial charge in [0.25, 0.3) is 5.56 Å². The molecule has 1 aromatic heterocycles. The summed E-state index contributed by atoms with van der Waals surface area (Å²) in [5, 5.41) is 8.96. The van der Waals surface area contributed by atoms with E-state index in [1.165, 1.54) is 16.8 Å². The smallest absolute Gasteiger partial charge is 0.475 e. The third kappa shape index (κ3) is 6.59. The number of ether oxygens (including phenoxy) is 4. The van der Waals surface area contributed by atoms with Crippen molar-refractivity contribution in [2.24, 2.45) is 5.92 Å². The standard InChI is InChI=1S/C34H34N3O10P/c1-41-26-13-9-24(10-14-26)34(23-7-4-3-5-8-23,25-11-15-27(42-2)16-12-25)43-22-29-31-28(21-45-48(40,47-31)44-20-6-18-35)32(46-29)37-19-17-30(38)36-33(37)39/h3-5,7-17,19,28-29,31-32H,6,20-22H2,1-2H3,(H,36,38,39)/t28-,29-,31+,32-,48?/m1/s1. The lowest BCUT2D eigenvalue weighted by Gasteiger charge is -2.38. The molecule has 0 aliphatic carbocycles. The van der Waals surface area contributed by atoms with Gasteiger partial charge in [0, 0.05) is 12.3 Å². The lowest BCUT2D eigenvalue weighted by molar-refractivity contribution is -0.0936. The highest BCUT2D eigenvalue weighted by Gasteiger charge is 2.55. The van der Waals surface area contributed by atoms with Gasteiger partial charge in [0.1, 0.15) is 35.5 Å². The minimum absolute atomic E-state index is 0.0213. The van der Waals surface area contributed by atoms with Gasteiger partial charge in [-0.25, -0.2) is 9.36 Å². The molecule has 0 amide bonds. The predicted molar refractivity (Wildman–Crippen MR) is 172 cm³/mol. The van der Waals surface area contributed by atoms with E-state index in [1.54, 1.807) is 14.2 Å². The summed E-state index contributed by atoms with van der Waals surface area (Å²) < 4.78 is 56.1. The second-order valence-corrected chi connectivity index (χ2v) is 12.7. The average molecular weight is 676 g/mol. The van der Waals surface area contributed by atoms with Crippen LogP contribution in [-0.2, 0) is 33.2 Å². The molecule has 3 heterocycles. The van der Waals surface area contributed by atoms with Crippen LogP contribution in [0, 0.1) is 17.2 Å². The molecule has 2 saturated heterocycles. The molecule has 5 atom stereocenters. The molecular weight excluding hydrogens is 641 g/mol. The van der Waals surface area contributed by atoms with Crippen LogP contribution in [0.2, 0.25) is 0 Å². The predicted octanol–water partition coefficient (Wildman–Crippen LogP) is 4.53. The lowest BCUT2D eigenvalue weighted by Crippen LogP contribution is -2.42. The fourth-order valence-corrected chi connectivity index (χ4v) is 7.52. The molecule has 0 spiro atoms. The first-order chi connectivity index (χ1) is 23.3. The van der Waals surface area contributed by atoms with Crippen molar-refractivity contribution in [2.75, 3.05) is 34.0 Å². The van der Waals surface area contributed by atoms with E-state index >= 15 is 0 Å². The third-order valence-corrected chi connectivity index (χ3v) is 9.84. The number of nitrogens with zero attached hydrogens (tertiary/aromatic N) is 2. The van der Waals surface area contributed by atoms with E-state index in [0.717, 1.165) is 16.7 Å². The van der Waals surface area contributed by atoms with Crippen molar-refractivity contribution >= 4 is 7.82 Å². The first-order valence-corrected chi connectivity index (χ1v) is 16.7. The SMILES string of the molecule is COc1ccc(C(OC[C@H]2O[C@@H](n3ccc(=O)[nH]c3=O)[C@@H]3COP(=O)(OCCC#N)O[C@@H]32)(c2ccccc2)c2ccc(OC)cc2)cc1. The average Bonchev–Trinajstić information content (AvgIpc) is 3.46. The monoisotopic (exact) mass is 675 g/mol. The molecule has 0 bridgehead atoms. The van der Waals surface area contributed by atoms with Crippen LogP contribution in [0.3, 0.4) is 0 Å². The number of phosphoric acid groups is 1. The first-order valence-electron chi connectivity index (χ1n) is 15.2. The molecule has 3 aromatic carbocycles. The largest absolute Gasteiger partial charge is 0.497 e. The Morgan fingerprint density at radius 2 is 1.56 bits per heavy atom. The van der Waals surface area contributed by atoms with Crippen LogP contribution in [0.5, 0.6) is 11.5 Å². The molecule has 0 radical (unpaired) electrons. The van der Waals surface area contributed by atoms with E-state index in [0.29, 0.717) is 11.5 Å². The summed E-state index contributed by atoms with van der Waals surface area (Å²) in [6, 6.07) is 27.8. The number of hydrogen-bond acceptors (Lipinski definition) is 11. The summed E-state index contributed by atoms with van der Waals surface area (Å²) in [6.45, 7) is -0.426. The molecular formula is C34H34N3O10P. The second-order valence-electron chi connectivity index (χ2n) is 11.1. The highest BCUT2D eigenvalue weighted by molar-refractivity contribution is 7.48. The summed E-state index contributed by atoms with van der Waals surface area (Å²) in [5.74, 6) is 0.681. The lowest BCUT2D eigenvalue weighted by atomic mass is 9.80. The Bertz CT molecular complexity index is 1860. The van der Waals surface area contributed by atoms with Crippen LogP contribution in [-0.4, -0.2) is 55.8 Å². The van der Waals surface area contributed by atoms with Crippen LogP contribution in [0.1, 0.15) is 29.3 Å². The molecule has 2 fully saturated rings.